The summed E-state index contributed by atoms with van der Waals surface area (Å²) < 4.78 is 5.06. The molecule has 0 saturated carbocycles. The number of aromatic nitrogens is 4. The van der Waals surface area contributed by atoms with Crippen molar-refractivity contribution in [1.29, 1.82) is 0 Å². The predicted octanol–water partition coefficient (Wildman–Crippen LogP) is 4.44. The van der Waals surface area contributed by atoms with Crippen LogP contribution in [0.2, 0.25) is 5.02 Å². The summed E-state index contributed by atoms with van der Waals surface area (Å²) >= 11 is 6.36. The molecule has 4 aromatic rings. The van der Waals surface area contributed by atoms with Crippen LogP contribution in [0.15, 0.2) is 35.0 Å². The Morgan fingerprint density at radius 2 is 2.04 bits per heavy atom. The highest BCUT2D eigenvalue weighted by Crippen LogP contribution is 2.30. The lowest BCUT2D eigenvalue weighted by molar-refractivity contribution is 0.102. The minimum atomic E-state index is -0.290. The third-order valence-electron chi connectivity index (χ3n) is 4.21. The molecule has 136 valence electrons. The van der Waals surface area contributed by atoms with Crippen molar-refractivity contribution < 1.29 is 9.32 Å². The van der Waals surface area contributed by atoms with Gasteiger partial charge in [0.05, 0.1) is 16.2 Å². The van der Waals surface area contributed by atoms with E-state index in [1.165, 1.54) is 0 Å². The molecule has 3 heterocycles. The first-order chi connectivity index (χ1) is 12.9. The number of imidazole rings is 1. The molecule has 0 bridgehead atoms. The summed E-state index contributed by atoms with van der Waals surface area (Å²) in [6.45, 7) is 5.39. The van der Waals surface area contributed by atoms with Gasteiger partial charge in [-0.2, -0.15) is 0 Å². The van der Waals surface area contributed by atoms with Gasteiger partial charge in [0.2, 0.25) is 0 Å². The Kier molecular flexibility index (Phi) is 4.16. The molecule has 0 aliphatic heterocycles. The summed E-state index contributed by atoms with van der Waals surface area (Å²) in [6.07, 6.45) is 1.76. The fourth-order valence-corrected chi connectivity index (χ4v) is 3.12. The van der Waals surface area contributed by atoms with E-state index in [2.05, 4.69) is 25.4 Å². The van der Waals surface area contributed by atoms with E-state index < -0.39 is 0 Å². The zero-order valence-electron chi connectivity index (χ0n) is 14.9. The van der Waals surface area contributed by atoms with Gasteiger partial charge < -0.3 is 14.8 Å². The van der Waals surface area contributed by atoms with Gasteiger partial charge in [-0.15, -0.1) is 0 Å². The van der Waals surface area contributed by atoms with Crippen molar-refractivity contribution in [3.8, 4) is 11.4 Å². The Hall–Kier alpha value is -3.19. The number of hydrogen-bond donors (Lipinski definition) is 2. The van der Waals surface area contributed by atoms with Crippen LogP contribution in [0.4, 0.5) is 5.69 Å². The summed E-state index contributed by atoms with van der Waals surface area (Å²) in [5.41, 5.74) is 4.69. The Morgan fingerprint density at radius 3 is 2.78 bits per heavy atom. The number of nitrogens with zero attached hydrogens (tertiary/aromatic N) is 3. The first-order valence-electron chi connectivity index (χ1n) is 8.29. The molecule has 27 heavy (non-hydrogen) atoms. The van der Waals surface area contributed by atoms with Gasteiger partial charge in [-0.25, -0.2) is 9.97 Å². The van der Waals surface area contributed by atoms with Gasteiger partial charge in [-0.05, 0) is 50.6 Å². The quantitative estimate of drug-likeness (QED) is 0.546. The number of nitrogens with one attached hydrogen (secondary N) is 2. The number of carbonyl (C=O) groups is 1. The van der Waals surface area contributed by atoms with E-state index in [0.29, 0.717) is 44.8 Å². The first kappa shape index (κ1) is 17.2. The molecule has 4 rings (SSSR count). The molecule has 0 spiro atoms. The smallest absolute Gasteiger partial charge is 0.261 e. The Morgan fingerprint density at radius 1 is 1.22 bits per heavy atom. The van der Waals surface area contributed by atoms with Crippen molar-refractivity contribution in [2.75, 3.05) is 5.32 Å². The second kappa shape index (κ2) is 6.51. The number of anilines is 1. The number of H-pyrrole nitrogens is 1. The van der Waals surface area contributed by atoms with Crippen LogP contribution in [-0.4, -0.2) is 26.0 Å². The van der Waals surface area contributed by atoms with Crippen molar-refractivity contribution >= 4 is 34.4 Å². The van der Waals surface area contributed by atoms with Crippen LogP contribution >= 0.6 is 11.6 Å². The van der Waals surface area contributed by atoms with Crippen LogP contribution in [0.25, 0.3) is 22.6 Å². The number of hydrogen-bond acceptors (Lipinski definition) is 5. The first-order valence-corrected chi connectivity index (χ1v) is 8.66. The molecule has 0 fully saturated rings. The predicted molar refractivity (Wildman–Crippen MR) is 103 cm³/mol. The number of aromatic amines is 1. The Balaban J connectivity index is 1.69. The fourth-order valence-electron chi connectivity index (χ4n) is 2.92. The standard InChI is InChI=1S/C19H16ClN5O2/c1-9-6-15-18(21-8-9)24-17(23-15)13-7-12(4-5-14(13)20)22-19(26)16-10(2)25-27-11(16)3/h4-8H,1-3H3,(H,22,26)(H,21,23,24). The van der Waals surface area contributed by atoms with Crippen LogP contribution < -0.4 is 5.32 Å². The zero-order chi connectivity index (χ0) is 19.1. The van der Waals surface area contributed by atoms with Crippen LogP contribution in [0, 0.1) is 20.8 Å². The van der Waals surface area contributed by atoms with Gasteiger partial charge in [0.25, 0.3) is 5.91 Å². The molecule has 1 aromatic carbocycles. The van der Waals surface area contributed by atoms with Crippen LogP contribution in [0.1, 0.15) is 27.4 Å². The van der Waals surface area contributed by atoms with Gasteiger partial charge in [-0.3, -0.25) is 4.79 Å². The summed E-state index contributed by atoms with van der Waals surface area (Å²) in [4.78, 5) is 24.6. The number of rotatable bonds is 3. The normalized spacial score (nSPS) is 11.1. The molecular formula is C19H16ClN5O2. The molecule has 2 N–H and O–H groups in total. The lowest BCUT2D eigenvalue weighted by Crippen LogP contribution is -2.13. The third-order valence-corrected chi connectivity index (χ3v) is 4.54. The molecule has 7 nitrogen and oxygen atoms in total. The molecule has 3 aromatic heterocycles. The topological polar surface area (TPSA) is 96.7 Å². The van der Waals surface area contributed by atoms with Gasteiger partial charge in [-0.1, -0.05) is 16.8 Å². The minimum absolute atomic E-state index is 0.290. The molecule has 1 amide bonds. The van der Waals surface area contributed by atoms with E-state index in [0.717, 1.165) is 11.1 Å². The molecule has 0 unspecified atom stereocenters. The van der Waals surface area contributed by atoms with Crippen molar-refractivity contribution in [2.24, 2.45) is 0 Å². The number of amides is 1. The maximum absolute atomic E-state index is 12.6. The van der Waals surface area contributed by atoms with Crippen molar-refractivity contribution in [2.45, 2.75) is 20.8 Å². The summed E-state index contributed by atoms with van der Waals surface area (Å²) in [7, 11) is 0. The van der Waals surface area contributed by atoms with Crippen molar-refractivity contribution in [3.63, 3.8) is 0 Å². The molecule has 0 aliphatic rings. The van der Waals surface area contributed by atoms with Gasteiger partial charge in [0, 0.05) is 17.4 Å². The maximum Gasteiger partial charge on any atom is 0.261 e. The largest absolute Gasteiger partial charge is 0.361 e. The van der Waals surface area contributed by atoms with E-state index in [1.54, 1.807) is 38.2 Å². The second-order valence-electron chi connectivity index (χ2n) is 6.32. The van der Waals surface area contributed by atoms with Gasteiger partial charge in [0.1, 0.15) is 17.1 Å². The van der Waals surface area contributed by atoms with Crippen LogP contribution in [0.3, 0.4) is 0 Å². The number of aryl methyl sites for hydroxylation is 3. The van der Waals surface area contributed by atoms with Crippen molar-refractivity contribution in [3.05, 3.63) is 58.1 Å². The highest BCUT2D eigenvalue weighted by molar-refractivity contribution is 6.33. The van der Waals surface area contributed by atoms with E-state index in [9.17, 15) is 4.79 Å². The Bertz CT molecular complexity index is 1160. The van der Waals surface area contributed by atoms with Crippen molar-refractivity contribution in [1.82, 2.24) is 20.1 Å². The van der Waals surface area contributed by atoms with Gasteiger partial charge in [0.15, 0.2) is 5.65 Å². The van der Waals surface area contributed by atoms with E-state index in [-0.39, 0.29) is 5.91 Å². The van der Waals surface area contributed by atoms with E-state index in [4.69, 9.17) is 16.1 Å². The summed E-state index contributed by atoms with van der Waals surface area (Å²) in [6, 6.07) is 7.18. The molecule has 0 radical (unpaired) electrons. The Labute approximate surface area is 159 Å². The van der Waals surface area contributed by atoms with Crippen LogP contribution in [0.5, 0.6) is 0 Å². The highest BCUT2D eigenvalue weighted by Gasteiger charge is 2.18. The number of halogens is 1. The average molecular weight is 382 g/mol. The van der Waals surface area contributed by atoms with E-state index in [1.807, 2.05) is 13.0 Å². The average Bonchev–Trinajstić information content (AvgIpc) is 3.19. The number of pyridine rings is 1. The minimum Gasteiger partial charge on any atom is -0.361 e. The molecule has 0 aliphatic carbocycles. The third kappa shape index (κ3) is 3.17. The molecule has 0 atom stereocenters. The highest BCUT2D eigenvalue weighted by atomic mass is 35.5. The maximum atomic E-state index is 12.6. The lowest BCUT2D eigenvalue weighted by atomic mass is 10.1. The number of fused-ring (bicyclic) bond motifs is 1. The second-order valence-corrected chi connectivity index (χ2v) is 6.72. The fraction of sp³-hybridized carbons (Fsp3) is 0.158. The monoisotopic (exact) mass is 381 g/mol. The van der Waals surface area contributed by atoms with E-state index >= 15 is 0 Å². The summed E-state index contributed by atoms with van der Waals surface area (Å²) in [5.74, 6) is 0.765. The lowest BCUT2D eigenvalue weighted by Gasteiger charge is -2.08. The van der Waals surface area contributed by atoms with Crippen LogP contribution in [-0.2, 0) is 0 Å². The number of benzene rings is 1. The van der Waals surface area contributed by atoms with Gasteiger partial charge >= 0.3 is 0 Å². The molecule has 0 saturated heterocycles. The SMILES string of the molecule is Cc1cnc2nc(-c3cc(NC(=O)c4c(C)noc4C)ccc3Cl)[nH]c2c1. The molecular weight excluding hydrogens is 366 g/mol. The zero-order valence-corrected chi connectivity index (χ0v) is 15.7. The number of carbonyl (C=O) groups excluding carboxylic acids is 1. The summed E-state index contributed by atoms with van der Waals surface area (Å²) in [5, 5.41) is 7.18. The molecule has 8 heteroatoms.